The molecule has 0 atom stereocenters. The van der Waals surface area contributed by atoms with Gasteiger partial charge in [0.15, 0.2) is 5.11 Å². The van der Waals surface area contributed by atoms with Crippen molar-refractivity contribution in [1.82, 2.24) is 4.90 Å². The van der Waals surface area contributed by atoms with Crippen LogP contribution in [0.25, 0.3) is 0 Å². The van der Waals surface area contributed by atoms with E-state index >= 15 is 0 Å². The highest BCUT2D eigenvalue weighted by molar-refractivity contribution is 9.10. The molecule has 1 N–H and O–H groups in total. The molecule has 0 aliphatic carbocycles. The van der Waals surface area contributed by atoms with Gasteiger partial charge >= 0.3 is 0 Å². The number of benzene rings is 2. The third-order valence-corrected chi connectivity index (χ3v) is 4.52. The van der Waals surface area contributed by atoms with Gasteiger partial charge in [-0.15, -0.1) is 0 Å². The lowest BCUT2D eigenvalue weighted by atomic mass is 10.2. The van der Waals surface area contributed by atoms with Crippen molar-refractivity contribution in [3.8, 4) is 0 Å². The molecule has 0 bridgehead atoms. The summed E-state index contributed by atoms with van der Waals surface area (Å²) in [5.41, 5.74) is 1.44. The Labute approximate surface area is 159 Å². The van der Waals surface area contributed by atoms with E-state index in [0.717, 1.165) is 15.9 Å². The van der Waals surface area contributed by atoms with E-state index in [9.17, 15) is 4.39 Å². The van der Waals surface area contributed by atoms with Crippen molar-refractivity contribution >= 4 is 38.9 Å². The van der Waals surface area contributed by atoms with Gasteiger partial charge in [0.25, 0.3) is 0 Å². The minimum atomic E-state index is -0.251. The molecule has 3 nitrogen and oxygen atoms in total. The van der Waals surface area contributed by atoms with Crippen molar-refractivity contribution in [2.45, 2.75) is 13.1 Å². The van der Waals surface area contributed by atoms with Crippen LogP contribution in [0.4, 0.5) is 10.1 Å². The Morgan fingerprint density at radius 3 is 2.48 bits per heavy atom. The van der Waals surface area contributed by atoms with Crippen molar-refractivity contribution in [2.75, 3.05) is 5.32 Å². The van der Waals surface area contributed by atoms with E-state index in [-0.39, 0.29) is 5.82 Å². The van der Waals surface area contributed by atoms with Gasteiger partial charge < -0.3 is 14.6 Å². The highest BCUT2D eigenvalue weighted by atomic mass is 79.9. The maximum absolute atomic E-state index is 14.0. The molecule has 3 rings (SSSR count). The van der Waals surface area contributed by atoms with Gasteiger partial charge in [0, 0.05) is 22.3 Å². The van der Waals surface area contributed by atoms with E-state index in [1.54, 1.807) is 18.4 Å². The van der Waals surface area contributed by atoms with Gasteiger partial charge in [0.1, 0.15) is 11.6 Å². The smallest absolute Gasteiger partial charge is 0.174 e. The number of rotatable bonds is 5. The molecule has 128 valence electrons. The molecule has 3 aromatic rings. The van der Waals surface area contributed by atoms with Crippen LogP contribution in [0.2, 0.25) is 0 Å². The van der Waals surface area contributed by atoms with Crippen molar-refractivity contribution in [3.05, 3.63) is 88.5 Å². The second-order valence-electron chi connectivity index (χ2n) is 5.46. The predicted molar refractivity (Wildman–Crippen MR) is 105 cm³/mol. The number of hydrogen-bond donors (Lipinski definition) is 1. The molecule has 0 fully saturated rings. The Balaban J connectivity index is 1.78. The number of furan rings is 1. The second kappa shape index (κ2) is 8.27. The number of nitrogens with one attached hydrogen (secondary N) is 1. The molecule has 1 heterocycles. The summed E-state index contributed by atoms with van der Waals surface area (Å²) in [5.74, 6) is 0.509. The SMILES string of the molecule is Fc1ccccc1CN(Cc1ccco1)C(=S)Nc1ccc(Br)cc1. The lowest BCUT2D eigenvalue weighted by molar-refractivity contribution is 0.355. The lowest BCUT2D eigenvalue weighted by Crippen LogP contribution is -2.34. The number of hydrogen-bond acceptors (Lipinski definition) is 2. The monoisotopic (exact) mass is 418 g/mol. The first-order valence-electron chi connectivity index (χ1n) is 7.69. The summed E-state index contributed by atoms with van der Waals surface area (Å²) in [6, 6.07) is 18.1. The number of anilines is 1. The molecule has 0 radical (unpaired) electrons. The first-order valence-corrected chi connectivity index (χ1v) is 8.89. The molecule has 0 saturated carbocycles. The van der Waals surface area contributed by atoms with E-state index < -0.39 is 0 Å². The molecule has 0 amide bonds. The summed E-state index contributed by atoms with van der Waals surface area (Å²) in [4.78, 5) is 1.87. The fourth-order valence-electron chi connectivity index (χ4n) is 2.36. The van der Waals surface area contributed by atoms with Crippen molar-refractivity contribution in [1.29, 1.82) is 0 Å². The van der Waals surface area contributed by atoms with Gasteiger partial charge in [-0.05, 0) is 54.7 Å². The third kappa shape index (κ3) is 4.90. The first kappa shape index (κ1) is 17.6. The topological polar surface area (TPSA) is 28.4 Å². The van der Waals surface area contributed by atoms with E-state index in [0.29, 0.717) is 23.8 Å². The van der Waals surface area contributed by atoms with Crippen LogP contribution in [0.15, 0.2) is 75.8 Å². The molecule has 0 aliphatic rings. The molecule has 0 aliphatic heterocycles. The van der Waals surface area contributed by atoms with Crippen LogP contribution in [0, 0.1) is 5.82 Å². The highest BCUT2D eigenvalue weighted by Gasteiger charge is 2.15. The Bertz CT molecular complexity index is 837. The van der Waals surface area contributed by atoms with Crippen LogP contribution < -0.4 is 5.32 Å². The molecule has 0 unspecified atom stereocenters. The number of halogens is 2. The summed E-state index contributed by atoms with van der Waals surface area (Å²) < 4.78 is 20.5. The molecular weight excluding hydrogens is 403 g/mol. The molecule has 1 aromatic heterocycles. The third-order valence-electron chi connectivity index (χ3n) is 3.63. The molecule has 25 heavy (non-hydrogen) atoms. The van der Waals surface area contributed by atoms with Gasteiger partial charge in [-0.1, -0.05) is 34.1 Å². The van der Waals surface area contributed by atoms with Crippen LogP contribution in [0.3, 0.4) is 0 Å². The van der Waals surface area contributed by atoms with Crippen LogP contribution in [0.1, 0.15) is 11.3 Å². The average molecular weight is 419 g/mol. The molecule has 2 aromatic carbocycles. The van der Waals surface area contributed by atoms with Gasteiger partial charge in [0.2, 0.25) is 0 Å². The average Bonchev–Trinajstić information content (AvgIpc) is 3.11. The Kier molecular flexibility index (Phi) is 5.83. The van der Waals surface area contributed by atoms with Crippen molar-refractivity contribution in [2.24, 2.45) is 0 Å². The Morgan fingerprint density at radius 1 is 1.04 bits per heavy atom. The van der Waals surface area contributed by atoms with Crippen molar-refractivity contribution in [3.63, 3.8) is 0 Å². The summed E-state index contributed by atoms with van der Waals surface area (Å²) in [6.45, 7) is 0.791. The standard InChI is InChI=1S/C19H16BrFN2OS/c20-15-7-9-16(10-8-15)22-19(25)23(13-17-5-3-11-24-17)12-14-4-1-2-6-18(14)21/h1-11H,12-13H2,(H,22,25). The van der Waals surface area contributed by atoms with E-state index in [4.69, 9.17) is 16.6 Å². The molecule has 0 spiro atoms. The number of thiocarbonyl (C=S) groups is 1. The zero-order chi connectivity index (χ0) is 17.6. The molecular formula is C19H16BrFN2OS. The summed E-state index contributed by atoms with van der Waals surface area (Å²) in [5, 5.41) is 3.70. The largest absolute Gasteiger partial charge is 0.467 e. The van der Waals surface area contributed by atoms with Gasteiger partial charge in [-0.2, -0.15) is 0 Å². The zero-order valence-corrected chi connectivity index (χ0v) is 15.7. The van der Waals surface area contributed by atoms with Gasteiger partial charge in [-0.25, -0.2) is 4.39 Å². The Hall–Kier alpha value is -2.18. The predicted octanol–water partition coefficient (Wildman–Crippen LogP) is 5.58. The number of nitrogens with zero attached hydrogens (tertiary/aromatic N) is 1. The summed E-state index contributed by atoms with van der Waals surface area (Å²) in [6.07, 6.45) is 1.61. The fraction of sp³-hybridized carbons (Fsp3) is 0.105. The zero-order valence-electron chi connectivity index (χ0n) is 13.3. The molecule has 0 saturated heterocycles. The minimum absolute atomic E-state index is 0.251. The minimum Gasteiger partial charge on any atom is -0.467 e. The highest BCUT2D eigenvalue weighted by Crippen LogP contribution is 2.18. The van der Waals surface area contributed by atoms with Gasteiger partial charge in [0.05, 0.1) is 12.8 Å². The second-order valence-corrected chi connectivity index (χ2v) is 6.77. The normalized spacial score (nSPS) is 10.5. The van der Waals surface area contributed by atoms with Crippen LogP contribution in [0.5, 0.6) is 0 Å². The lowest BCUT2D eigenvalue weighted by Gasteiger charge is -2.25. The summed E-state index contributed by atoms with van der Waals surface area (Å²) >= 11 is 8.95. The van der Waals surface area contributed by atoms with Crippen LogP contribution in [-0.2, 0) is 13.1 Å². The maximum Gasteiger partial charge on any atom is 0.174 e. The fourth-order valence-corrected chi connectivity index (χ4v) is 2.87. The Morgan fingerprint density at radius 2 is 1.80 bits per heavy atom. The maximum atomic E-state index is 14.0. The van der Waals surface area contributed by atoms with Crippen LogP contribution >= 0.6 is 28.1 Å². The first-order chi connectivity index (χ1) is 12.1. The van der Waals surface area contributed by atoms with E-state index in [2.05, 4.69) is 21.2 Å². The molecule has 6 heteroatoms. The van der Waals surface area contributed by atoms with E-state index in [1.165, 1.54) is 6.07 Å². The quantitative estimate of drug-likeness (QED) is 0.547. The summed E-state index contributed by atoms with van der Waals surface area (Å²) in [7, 11) is 0. The van der Waals surface area contributed by atoms with Crippen LogP contribution in [-0.4, -0.2) is 10.0 Å². The van der Waals surface area contributed by atoms with E-state index in [1.807, 2.05) is 47.4 Å². The van der Waals surface area contributed by atoms with Crippen molar-refractivity contribution < 1.29 is 8.81 Å². The van der Waals surface area contributed by atoms with Gasteiger partial charge in [-0.3, -0.25) is 0 Å².